The van der Waals surface area contributed by atoms with E-state index in [9.17, 15) is 18.4 Å². The van der Waals surface area contributed by atoms with E-state index < -0.39 is 17.7 Å². The minimum atomic E-state index is -1.00. The van der Waals surface area contributed by atoms with Gasteiger partial charge in [0.1, 0.15) is 5.84 Å². The second kappa shape index (κ2) is 13.2. The lowest BCUT2D eigenvalue weighted by atomic mass is 9.92. The van der Waals surface area contributed by atoms with E-state index in [0.29, 0.717) is 43.1 Å². The molecule has 2 aliphatic rings. The van der Waals surface area contributed by atoms with Crippen LogP contribution in [0.4, 0.5) is 20.2 Å². The van der Waals surface area contributed by atoms with Gasteiger partial charge < -0.3 is 19.7 Å². The number of aliphatic imine (C=N–C) groups is 1. The molecule has 0 bridgehead atoms. The molecule has 0 radical (unpaired) electrons. The first-order valence-electron chi connectivity index (χ1n) is 13.7. The zero-order valence-electron chi connectivity index (χ0n) is 22.8. The van der Waals surface area contributed by atoms with Crippen LogP contribution in [0.2, 0.25) is 0 Å². The van der Waals surface area contributed by atoms with Crippen molar-refractivity contribution in [2.75, 3.05) is 18.6 Å². The summed E-state index contributed by atoms with van der Waals surface area (Å²) in [4.78, 5) is 31.9. The molecule has 39 heavy (non-hydrogen) atoms. The number of hydrogen-bond donors (Lipinski definition) is 1. The molecule has 1 saturated carbocycles. The highest BCUT2D eigenvalue weighted by atomic mass is 19.2. The van der Waals surface area contributed by atoms with Gasteiger partial charge in [0.25, 0.3) is 0 Å². The van der Waals surface area contributed by atoms with Crippen molar-refractivity contribution in [3.8, 4) is 0 Å². The molecule has 2 aromatic carbocycles. The monoisotopic (exact) mass is 541 g/mol. The fraction of sp³-hybridized carbons (Fsp3) is 0.500. The molecule has 210 valence electrons. The van der Waals surface area contributed by atoms with Gasteiger partial charge in [-0.3, -0.25) is 9.59 Å². The Balaban J connectivity index is 1.72. The first-order valence-corrected chi connectivity index (χ1v) is 13.7. The van der Waals surface area contributed by atoms with Crippen molar-refractivity contribution in [1.29, 1.82) is 0 Å². The van der Waals surface area contributed by atoms with Gasteiger partial charge in [0.15, 0.2) is 11.6 Å². The zero-order valence-corrected chi connectivity index (χ0v) is 22.8. The largest absolute Gasteiger partial charge is 0.466 e. The Hall–Kier alpha value is -3.33. The van der Waals surface area contributed by atoms with Gasteiger partial charge in [0.2, 0.25) is 5.91 Å². The summed E-state index contributed by atoms with van der Waals surface area (Å²) < 4.78 is 38.6. The van der Waals surface area contributed by atoms with Crippen LogP contribution in [0.15, 0.2) is 41.4 Å². The van der Waals surface area contributed by atoms with Gasteiger partial charge in [-0.25, -0.2) is 13.8 Å². The highest BCUT2D eigenvalue weighted by Gasteiger charge is 2.35. The summed E-state index contributed by atoms with van der Waals surface area (Å²) in [5.74, 6) is -1.84. The summed E-state index contributed by atoms with van der Waals surface area (Å²) in [6.07, 6.45) is 5.52. The molecule has 1 heterocycles. The summed E-state index contributed by atoms with van der Waals surface area (Å²) in [5, 5.41) is 3.61. The number of anilines is 1. The Labute approximate surface area is 228 Å². The zero-order chi connectivity index (χ0) is 27.9. The number of rotatable bonds is 8. The van der Waals surface area contributed by atoms with E-state index in [1.807, 2.05) is 25.1 Å². The molecule has 0 aromatic heterocycles. The van der Waals surface area contributed by atoms with Crippen molar-refractivity contribution in [3.63, 3.8) is 0 Å². The third-order valence-corrected chi connectivity index (χ3v) is 7.47. The minimum Gasteiger partial charge on any atom is -0.466 e. The molecule has 1 aliphatic heterocycles. The van der Waals surface area contributed by atoms with Gasteiger partial charge in [-0.1, -0.05) is 12.1 Å². The molecule has 1 N–H and O–H groups in total. The number of methoxy groups -OCH3 is 1. The molecule has 0 unspecified atom stereocenters. The summed E-state index contributed by atoms with van der Waals surface area (Å²) in [7, 11) is 1.73. The number of benzene rings is 2. The molecule has 2 fully saturated rings. The standard InChI is InChI=1S/C30H37F2N3O4/c1-4-39-29(37)17-20-9-8-19(2)26(16-20)34-30(33-21-10-13-23(38-3)14-11-21)27-6-5-7-28(36)35(27)22-12-15-24(31)25(32)18-22/h8-9,12,15-16,18,21,23,27H,4-7,10-11,13-14,17H2,1-3H3,(H,33,34)/t21-,23-,27-/m0/s1. The van der Waals surface area contributed by atoms with Crippen LogP contribution < -0.4 is 10.2 Å². The van der Waals surface area contributed by atoms with Crippen molar-refractivity contribution in [3.05, 3.63) is 59.2 Å². The van der Waals surface area contributed by atoms with Crippen molar-refractivity contribution in [1.82, 2.24) is 5.32 Å². The molecule has 1 aliphatic carbocycles. The number of piperidine rings is 1. The van der Waals surface area contributed by atoms with E-state index in [2.05, 4.69) is 5.32 Å². The normalized spacial score (nSPS) is 22.1. The van der Waals surface area contributed by atoms with E-state index in [1.54, 1.807) is 14.0 Å². The van der Waals surface area contributed by atoms with E-state index in [1.165, 1.54) is 11.0 Å². The van der Waals surface area contributed by atoms with Crippen molar-refractivity contribution in [2.24, 2.45) is 4.99 Å². The van der Waals surface area contributed by atoms with Crippen LogP contribution in [-0.2, 0) is 25.5 Å². The van der Waals surface area contributed by atoms with Gasteiger partial charge in [0, 0.05) is 31.3 Å². The number of nitrogens with zero attached hydrogens (tertiary/aromatic N) is 2. The van der Waals surface area contributed by atoms with E-state index in [-0.39, 0.29) is 30.4 Å². The molecule has 1 atom stereocenters. The fourth-order valence-corrected chi connectivity index (χ4v) is 5.34. The summed E-state index contributed by atoms with van der Waals surface area (Å²) >= 11 is 0. The molecule has 7 nitrogen and oxygen atoms in total. The highest BCUT2D eigenvalue weighted by Crippen LogP contribution is 2.30. The maximum absolute atomic E-state index is 14.2. The van der Waals surface area contributed by atoms with Crippen LogP contribution in [0.3, 0.4) is 0 Å². The Morgan fingerprint density at radius 1 is 1.08 bits per heavy atom. The molecular weight excluding hydrogens is 504 g/mol. The molecule has 1 amide bonds. The molecule has 0 spiro atoms. The van der Waals surface area contributed by atoms with Crippen LogP contribution in [0.1, 0.15) is 63.0 Å². The summed E-state index contributed by atoms with van der Waals surface area (Å²) in [6.45, 7) is 4.02. The predicted molar refractivity (Wildman–Crippen MR) is 146 cm³/mol. The predicted octanol–water partition coefficient (Wildman–Crippen LogP) is 5.54. The number of esters is 1. The van der Waals surface area contributed by atoms with E-state index in [0.717, 1.165) is 48.9 Å². The van der Waals surface area contributed by atoms with Gasteiger partial charge >= 0.3 is 5.97 Å². The lowest BCUT2D eigenvalue weighted by Gasteiger charge is -2.38. The number of amides is 1. The number of hydrogen-bond acceptors (Lipinski definition) is 5. The number of carbonyl (C=O) groups is 2. The minimum absolute atomic E-state index is 0.127. The quantitative estimate of drug-likeness (QED) is 0.270. The first-order chi connectivity index (χ1) is 18.8. The van der Waals surface area contributed by atoms with Crippen molar-refractivity contribution in [2.45, 2.75) is 83.4 Å². The van der Waals surface area contributed by atoms with Crippen LogP contribution in [0.5, 0.6) is 0 Å². The van der Waals surface area contributed by atoms with Gasteiger partial charge in [-0.2, -0.15) is 0 Å². The fourth-order valence-electron chi connectivity index (χ4n) is 5.34. The van der Waals surface area contributed by atoms with Gasteiger partial charge in [-0.05, 0) is 81.7 Å². The van der Waals surface area contributed by atoms with Crippen molar-refractivity contribution >= 4 is 29.1 Å². The lowest BCUT2D eigenvalue weighted by Crippen LogP contribution is -2.54. The second-order valence-corrected chi connectivity index (χ2v) is 10.2. The van der Waals surface area contributed by atoms with E-state index >= 15 is 0 Å². The maximum Gasteiger partial charge on any atom is 0.310 e. The number of amidine groups is 1. The molecule has 2 aromatic rings. The average Bonchev–Trinajstić information content (AvgIpc) is 2.92. The molecular formula is C30H37F2N3O4. The SMILES string of the molecule is CCOC(=O)Cc1ccc(C)c(/N=C(\N[C@H]2CC[C@H](OC)CC2)[C@@H]2CCCC(=O)N2c2ccc(F)c(F)c2)c1. The number of ether oxygens (including phenoxy) is 2. The van der Waals surface area contributed by atoms with Crippen LogP contribution >= 0.6 is 0 Å². The third kappa shape index (κ3) is 7.20. The Bertz CT molecular complexity index is 1210. The number of halogens is 2. The van der Waals surface area contributed by atoms with Gasteiger partial charge in [-0.15, -0.1) is 0 Å². The second-order valence-electron chi connectivity index (χ2n) is 10.2. The van der Waals surface area contributed by atoms with Crippen LogP contribution in [0.25, 0.3) is 0 Å². The Kier molecular flexibility index (Phi) is 9.67. The maximum atomic E-state index is 14.2. The summed E-state index contributed by atoms with van der Waals surface area (Å²) in [6, 6.07) is 8.84. The number of nitrogens with one attached hydrogen (secondary N) is 1. The lowest BCUT2D eigenvalue weighted by molar-refractivity contribution is -0.142. The number of aryl methyl sites for hydroxylation is 1. The summed E-state index contributed by atoms with van der Waals surface area (Å²) in [5.41, 5.74) is 2.66. The molecule has 1 saturated heterocycles. The smallest absolute Gasteiger partial charge is 0.310 e. The Morgan fingerprint density at radius 2 is 1.85 bits per heavy atom. The van der Waals surface area contributed by atoms with Gasteiger partial charge in [0.05, 0.1) is 30.9 Å². The number of carbonyl (C=O) groups excluding carboxylic acids is 2. The topological polar surface area (TPSA) is 80.2 Å². The average molecular weight is 542 g/mol. The van der Waals surface area contributed by atoms with Crippen LogP contribution in [0, 0.1) is 18.6 Å². The van der Waals surface area contributed by atoms with Crippen molar-refractivity contribution < 1.29 is 27.8 Å². The molecule has 9 heteroatoms. The third-order valence-electron chi connectivity index (χ3n) is 7.47. The first kappa shape index (κ1) is 28.7. The highest BCUT2D eigenvalue weighted by molar-refractivity contribution is 6.04. The Morgan fingerprint density at radius 3 is 2.54 bits per heavy atom. The molecule has 4 rings (SSSR count). The van der Waals surface area contributed by atoms with E-state index in [4.69, 9.17) is 14.5 Å². The van der Waals surface area contributed by atoms with Crippen LogP contribution in [-0.4, -0.2) is 49.6 Å².